The third-order valence-electron chi connectivity index (χ3n) is 4.97. The summed E-state index contributed by atoms with van der Waals surface area (Å²) in [5.41, 5.74) is 2.01. The molecule has 0 saturated carbocycles. The van der Waals surface area contributed by atoms with Gasteiger partial charge < -0.3 is 14.2 Å². The maximum absolute atomic E-state index is 12.4. The zero-order valence-electron chi connectivity index (χ0n) is 19.1. The van der Waals surface area contributed by atoms with Crippen molar-refractivity contribution in [1.82, 2.24) is 19.8 Å². The van der Waals surface area contributed by atoms with Crippen LogP contribution in [0.25, 0.3) is 16.3 Å². The van der Waals surface area contributed by atoms with E-state index in [4.69, 9.17) is 14.2 Å². The molecule has 0 bridgehead atoms. The number of amides is 1. The molecule has 33 heavy (non-hydrogen) atoms. The molecule has 0 aliphatic rings. The Labute approximate surface area is 195 Å². The second-order valence-corrected chi connectivity index (χ2v) is 9.26. The minimum absolute atomic E-state index is 0.0585. The number of nitrogens with one attached hydrogen (secondary N) is 1. The van der Waals surface area contributed by atoms with E-state index in [1.54, 1.807) is 30.9 Å². The number of carbonyl (C=O) groups is 1. The third kappa shape index (κ3) is 4.90. The van der Waals surface area contributed by atoms with Gasteiger partial charge in [0.25, 0.3) is 5.91 Å². The Balaban J connectivity index is 1.44. The summed E-state index contributed by atoms with van der Waals surface area (Å²) in [6.45, 7) is 6.31. The van der Waals surface area contributed by atoms with Crippen molar-refractivity contribution in [3.05, 3.63) is 48.0 Å². The first-order chi connectivity index (χ1) is 15.8. The van der Waals surface area contributed by atoms with E-state index < -0.39 is 0 Å². The van der Waals surface area contributed by atoms with Crippen molar-refractivity contribution in [2.45, 2.75) is 26.2 Å². The van der Waals surface area contributed by atoms with Crippen LogP contribution in [0.5, 0.6) is 17.2 Å². The SMILES string of the molecule is COc1ccc(-c2nnc3sc(NC(=O)COc4ccc(C(C)(C)C)cc4)nn23)cc1OC. The van der Waals surface area contributed by atoms with Gasteiger partial charge in [0.1, 0.15) is 5.75 Å². The molecule has 0 radical (unpaired) electrons. The van der Waals surface area contributed by atoms with Crippen molar-refractivity contribution >= 4 is 27.3 Å². The molecule has 0 saturated heterocycles. The molecule has 0 atom stereocenters. The average Bonchev–Trinajstić information content (AvgIpc) is 3.37. The van der Waals surface area contributed by atoms with E-state index in [1.165, 1.54) is 16.9 Å². The Kier molecular flexibility index (Phi) is 6.19. The van der Waals surface area contributed by atoms with E-state index in [0.717, 1.165) is 5.56 Å². The van der Waals surface area contributed by atoms with E-state index in [9.17, 15) is 4.79 Å². The molecular formula is C23H25N5O4S. The molecule has 4 aromatic rings. The number of carbonyl (C=O) groups excluding carboxylic acids is 1. The second-order valence-electron chi connectivity index (χ2n) is 8.31. The van der Waals surface area contributed by atoms with Crippen LogP contribution in [0.4, 0.5) is 5.13 Å². The molecule has 0 unspecified atom stereocenters. The molecule has 2 aromatic carbocycles. The lowest BCUT2D eigenvalue weighted by molar-refractivity contribution is -0.118. The average molecular weight is 468 g/mol. The summed E-state index contributed by atoms with van der Waals surface area (Å²) in [5.74, 6) is 2.03. The molecule has 1 N–H and O–H groups in total. The van der Waals surface area contributed by atoms with Crippen molar-refractivity contribution in [1.29, 1.82) is 0 Å². The number of rotatable bonds is 7. The fraction of sp³-hybridized carbons (Fsp3) is 0.304. The van der Waals surface area contributed by atoms with Crippen LogP contribution in [-0.4, -0.2) is 46.5 Å². The highest BCUT2D eigenvalue weighted by molar-refractivity contribution is 7.20. The molecule has 9 nitrogen and oxygen atoms in total. The lowest BCUT2D eigenvalue weighted by Gasteiger charge is -2.19. The maximum atomic E-state index is 12.4. The molecule has 0 fully saturated rings. The minimum atomic E-state index is -0.312. The summed E-state index contributed by atoms with van der Waals surface area (Å²) in [6.07, 6.45) is 0. The largest absolute Gasteiger partial charge is 0.493 e. The van der Waals surface area contributed by atoms with Crippen LogP contribution in [-0.2, 0) is 10.2 Å². The first kappa shape index (κ1) is 22.5. The Hall–Kier alpha value is -3.66. The predicted octanol–water partition coefficient (Wildman–Crippen LogP) is 4.19. The number of hydrogen-bond acceptors (Lipinski definition) is 8. The molecule has 4 rings (SSSR count). The smallest absolute Gasteiger partial charge is 0.264 e. The van der Waals surface area contributed by atoms with Gasteiger partial charge in [-0.25, -0.2) is 0 Å². The monoisotopic (exact) mass is 467 g/mol. The Morgan fingerprint density at radius 2 is 1.76 bits per heavy atom. The van der Waals surface area contributed by atoms with Gasteiger partial charge in [-0.3, -0.25) is 10.1 Å². The molecule has 0 aliphatic heterocycles. The topological polar surface area (TPSA) is 99.9 Å². The molecule has 0 aliphatic carbocycles. The summed E-state index contributed by atoms with van der Waals surface area (Å²) in [6, 6.07) is 13.2. The van der Waals surface area contributed by atoms with Crippen LogP contribution >= 0.6 is 11.3 Å². The predicted molar refractivity (Wildman–Crippen MR) is 126 cm³/mol. The highest BCUT2D eigenvalue weighted by Crippen LogP contribution is 2.32. The highest BCUT2D eigenvalue weighted by atomic mass is 32.1. The first-order valence-electron chi connectivity index (χ1n) is 10.3. The highest BCUT2D eigenvalue weighted by Gasteiger charge is 2.17. The van der Waals surface area contributed by atoms with Gasteiger partial charge in [0.2, 0.25) is 10.1 Å². The van der Waals surface area contributed by atoms with E-state index in [2.05, 4.69) is 41.4 Å². The van der Waals surface area contributed by atoms with Gasteiger partial charge in [-0.2, -0.15) is 4.52 Å². The quantitative estimate of drug-likeness (QED) is 0.435. The van der Waals surface area contributed by atoms with E-state index in [-0.39, 0.29) is 17.9 Å². The third-order valence-corrected chi connectivity index (χ3v) is 5.78. The van der Waals surface area contributed by atoms with E-state index in [0.29, 0.717) is 33.2 Å². The van der Waals surface area contributed by atoms with Crippen molar-refractivity contribution < 1.29 is 19.0 Å². The molecule has 2 aromatic heterocycles. The number of hydrogen-bond donors (Lipinski definition) is 1. The minimum Gasteiger partial charge on any atom is -0.493 e. The normalized spacial score (nSPS) is 11.4. The Bertz CT molecular complexity index is 1270. The maximum Gasteiger partial charge on any atom is 0.264 e. The first-order valence-corrected chi connectivity index (χ1v) is 11.1. The molecule has 0 spiro atoms. The van der Waals surface area contributed by atoms with Crippen LogP contribution in [0.2, 0.25) is 0 Å². The van der Waals surface area contributed by atoms with Crippen LogP contribution in [0.3, 0.4) is 0 Å². The van der Waals surface area contributed by atoms with Gasteiger partial charge in [-0.1, -0.05) is 44.2 Å². The fourth-order valence-electron chi connectivity index (χ4n) is 3.18. The molecule has 172 valence electrons. The number of ether oxygens (including phenoxy) is 3. The zero-order chi connectivity index (χ0) is 23.6. The number of fused-ring (bicyclic) bond motifs is 1. The van der Waals surface area contributed by atoms with Gasteiger partial charge in [0, 0.05) is 5.56 Å². The van der Waals surface area contributed by atoms with Crippen molar-refractivity contribution in [3.8, 4) is 28.6 Å². The lowest BCUT2D eigenvalue weighted by Crippen LogP contribution is -2.20. The van der Waals surface area contributed by atoms with Crippen molar-refractivity contribution in [2.75, 3.05) is 26.1 Å². The number of nitrogens with zero attached hydrogens (tertiary/aromatic N) is 4. The summed E-state index contributed by atoms with van der Waals surface area (Å²) in [5, 5.41) is 15.9. The van der Waals surface area contributed by atoms with Gasteiger partial charge in [0.05, 0.1) is 14.2 Å². The molecular weight excluding hydrogens is 442 g/mol. The number of benzene rings is 2. The zero-order valence-corrected chi connectivity index (χ0v) is 19.9. The second kappa shape index (κ2) is 9.07. The van der Waals surface area contributed by atoms with Crippen LogP contribution < -0.4 is 19.5 Å². The summed E-state index contributed by atoms with van der Waals surface area (Å²) < 4.78 is 17.8. The Morgan fingerprint density at radius 3 is 2.42 bits per heavy atom. The Morgan fingerprint density at radius 1 is 1.03 bits per heavy atom. The van der Waals surface area contributed by atoms with E-state index in [1.807, 2.05) is 30.3 Å². The van der Waals surface area contributed by atoms with E-state index >= 15 is 0 Å². The number of aromatic nitrogens is 4. The standard InChI is InChI=1S/C23H25N5O4S/c1-23(2,3)15-7-9-16(10-8-15)32-13-19(29)24-21-27-28-20(25-26-22(28)33-21)14-6-11-17(30-4)18(12-14)31-5/h6-12H,13H2,1-5H3,(H,24,27,29). The van der Waals surface area contributed by atoms with Gasteiger partial charge >= 0.3 is 0 Å². The number of methoxy groups -OCH3 is 2. The molecule has 1 amide bonds. The molecule has 2 heterocycles. The fourth-order valence-corrected chi connectivity index (χ4v) is 3.93. The summed E-state index contributed by atoms with van der Waals surface area (Å²) in [4.78, 5) is 12.9. The van der Waals surface area contributed by atoms with Crippen molar-refractivity contribution in [2.24, 2.45) is 0 Å². The number of anilines is 1. The lowest BCUT2D eigenvalue weighted by atomic mass is 9.87. The van der Waals surface area contributed by atoms with Gasteiger partial charge in [-0.15, -0.1) is 15.3 Å². The van der Waals surface area contributed by atoms with Crippen LogP contribution in [0, 0.1) is 0 Å². The van der Waals surface area contributed by atoms with Crippen LogP contribution in [0.1, 0.15) is 26.3 Å². The van der Waals surface area contributed by atoms with Gasteiger partial charge in [-0.05, 0) is 41.3 Å². The molecule has 10 heteroatoms. The van der Waals surface area contributed by atoms with Gasteiger partial charge in [0.15, 0.2) is 23.9 Å². The van der Waals surface area contributed by atoms with Crippen LogP contribution in [0.15, 0.2) is 42.5 Å². The van der Waals surface area contributed by atoms with Crippen molar-refractivity contribution in [3.63, 3.8) is 0 Å². The summed E-state index contributed by atoms with van der Waals surface area (Å²) in [7, 11) is 3.14. The summed E-state index contributed by atoms with van der Waals surface area (Å²) >= 11 is 1.22.